The van der Waals surface area contributed by atoms with Crippen LogP contribution in [0.3, 0.4) is 0 Å². The minimum absolute atomic E-state index is 0.140. The van der Waals surface area contributed by atoms with Gasteiger partial charge in [0.1, 0.15) is 0 Å². The first-order chi connectivity index (χ1) is 15.0. The van der Waals surface area contributed by atoms with Crippen LogP contribution in [0, 0.1) is 6.92 Å². The number of esters is 1. The van der Waals surface area contributed by atoms with Crippen LogP contribution in [-0.4, -0.2) is 29.0 Å². The molecule has 0 atom stereocenters. The first-order valence-electron chi connectivity index (χ1n) is 9.71. The number of H-pyrrole nitrogens is 1. The van der Waals surface area contributed by atoms with Gasteiger partial charge in [0.05, 0.1) is 12.7 Å². The number of rotatable bonds is 8. The van der Waals surface area contributed by atoms with Crippen molar-refractivity contribution >= 4 is 29.3 Å². The molecule has 0 fully saturated rings. The number of thioether (sulfide) groups is 1. The summed E-state index contributed by atoms with van der Waals surface area (Å²) < 4.78 is 4.65. The number of methoxy groups -OCH3 is 1. The molecule has 2 aromatic carbocycles. The number of amides is 1. The summed E-state index contributed by atoms with van der Waals surface area (Å²) in [4.78, 5) is 43.5. The Balaban J connectivity index is 1.56. The molecule has 1 heterocycles. The van der Waals surface area contributed by atoms with E-state index in [-0.39, 0.29) is 24.3 Å². The molecule has 0 saturated heterocycles. The molecule has 1 amide bonds. The average molecular weight is 438 g/mol. The van der Waals surface area contributed by atoms with Crippen molar-refractivity contribution in [2.75, 3.05) is 12.4 Å². The summed E-state index contributed by atoms with van der Waals surface area (Å²) in [5, 5.41) is 3.32. The molecule has 0 bridgehead atoms. The van der Waals surface area contributed by atoms with E-state index in [0.717, 1.165) is 5.56 Å². The van der Waals surface area contributed by atoms with Crippen LogP contribution in [0.4, 0.5) is 5.69 Å². The second kappa shape index (κ2) is 10.6. The monoisotopic (exact) mass is 437 g/mol. The maximum Gasteiger partial charge on any atom is 0.337 e. The number of aromatic amines is 1. The quantitative estimate of drug-likeness (QED) is 0.316. The fourth-order valence-corrected chi connectivity index (χ4v) is 3.81. The van der Waals surface area contributed by atoms with Crippen molar-refractivity contribution in [1.82, 2.24) is 9.97 Å². The van der Waals surface area contributed by atoms with Gasteiger partial charge in [0.25, 0.3) is 5.56 Å². The molecule has 8 heteroatoms. The number of carbonyl (C=O) groups is 2. The third-order valence-electron chi connectivity index (χ3n) is 4.61. The molecule has 31 heavy (non-hydrogen) atoms. The molecule has 7 nitrogen and oxygen atoms in total. The Labute approximate surface area is 184 Å². The molecule has 0 spiro atoms. The van der Waals surface area contributed by atoms with E-state index in [2.05, 4.69) is 20.0 Å². The van der Waals surface area contributed by atoms with Crippen molar-refractivity contribution in [2.45, 2.75) is 30.7 Å². The van der Waals surface area contributed by atoms with Crippen LogP contribution in [-0.2, 0) is 21.7 Å². The van der Waals surface area contributed by atoms with Crippen molar-refractivity contribution in [1.29, 1.82) is 0 Å². The lowest BCUT2D eigenvalue weighted by Gasteiger charge is -2.08. The summed E-state index contributed by atoms with van der Waals surface area (Å²) in [6.45, 7) is 1.78. The second-order valence-corrected chi connectivity index (χ2v) is 7.79. The van der Waals surface area contributed by atoms with Crippen molar-refractivity contribution in [3.63, 3.8) is 0 Å². The Morgan fingerprint density at radius 2 is 1.81 bits per heavy atom. The lowest BCUT2D eigenvalue weighted by molar-refractivity contribution is -0.116. The van der Waals surface area contributed by atoms with Gasteiger partial charge in [-0.2, -0.15) is 0 Å². The fourth-order valence-electron chi connectivity index (χ4n) is 2.94. The minimum Gasteiger partial charge on any atom is -0.465 e. The van der Waals surface area contributed by atoms with Crippen LogP contribution in [0.2, 0.25) is 0 Å². The normalized spacial score (nSPS) is 10.5. The summed E-state index contributed by atoms with van der Waals surface area (Å²) in [6.07, 6.45) is 0.421. The van der Waals surface area contributed by atoms with E-state index in [4.69, 9.17) is 0 Å². The zero-order valence-electron chi connectivity index (χ0n) is 17.3. The topological polar surface area (TPSA) is 101 Å². The van der Waals surface area contributed by atoms with Crippen LogP contribution in [0.25, 0.3) is 0 Å². The van der Waals surface area contributed by atoms with Gasteiger partial charge in [-0.3, -0.25) is 9.59 Å². The van der Waals surface area contributed by atoms with Crippen LogP contribution < -0.4 is 10.9 Å². The van der Waals surface area contributed by atoms with Gasteiger partial charge in [-0.05, 0) is 43.2 Å². The van der Waals surface area contributed by atoms with E-state index < -0.39 is 5.97 Å². The number of nitrogens with one attached hydrogen (secondary N) is 2. The molecule has 160 valence electrons. The van der Waals surface area contributed by atoms with Crippen molar-refractivity contribution in [2.24, 2.45) is 0 Å². The standard InChI is InChI=1S/C23H23N3O4S/c1-15-19(21(28)26-23(24-15)31-14-16-6-4-3-5-7-16)12-13-20(27)25-18-10-8-17(9-11-18)22(29)30-2/h3-11H,12-14H2,1-2H3,(H,25,27)(H,24,26,28). The largest absolute Gasteiger partial charge is 0.465 e. The van der Waals surface area contributed by atoms with E-state index in [9.17, 15) is 14.4 Å². The molecular formula is C23H23N3O4S. The Morgan fingerprint density at radius 3 is 2.45 bits per heavy atom. The van der Waals surface area contributed by atoms with Crippen molar-refractivity contribution in [3.8, 4) is 0 Å². The lowest BCUT2D eigenvalue weighted by atomic mass is 10.1. The van der Waals surface area contributed by atoms with E-state index in [1.807, 2.05) is 30.3 Å². The Kier molecular flexibility index (Phi) is 7.61. The summed E-state index contributed by atoms with van der Waals surface area (Å²) in [7, 11) is 1.31. The summed E-state index contributed by atoms with van der Waals surface area (Å²) in [6, 6.07) is 16.4. The number of hydrogen-bond acceptors (Lipinski definition) is 6. The van der Waals surface area contributed by atoms with Crippen molar-refractivity contribution in [3.05, 3.63) is 87.3 Å². The number of carbonyl (C=O) groups excluding carboxylic acids is 2. The highest BCUT2D eigenvalue weighted by Gasteiger charge is 2.12. The first kappa shape index (κ1) is 22.3. The van der Waals surface area contributed by atoms with Crippen LogP contribution >= 0.6 is 11.8 Å². The first-order valence-corrected chi connectivity index (χ1v) is 10.7. The minimum atomic E-state index is -0.439. The highest BCUT2D eigenvalue weighted by Crippen LogP contribution is 2.19. The number of aromatic nitrogens is 2. The van der Waals surface area contributed by atoms with Gasteiger partial charge in [-0.1, -0.05) is 42.1 Å². The number of nitrogens with zero attached hydrogens (tertiary/aromatic N) is 1. The predicted octanol–water partition coefficient (Wildman–Crippen LogP) is 3.73. The molecule has 0 aliphatic carbocycles. The Morgan fingerprint density at radius 1 is 1.10 bits per heavy atom. The fraction of sp³-hybridized carbons (Fsp3) is 0.217. The number of hydrogen-bond donors (Lipinski definition) is 2. The molecule has 0 radical (unpaired) electrons. The van der Waals surface area contributed by atoms with E-state index in [1.54, 1.807) is 31.2 Å². The van der Waals surface area contributed by atoms with Gasteiger partial charge >= 0.3 is 5.97 Å². The van der Waals surface area contributed by atoms with Crippen molar-refractivity contribution < 1.29 is 14.3 Å². The Hall–Kier alpha value is -3.39. The molecule has 0 saturated carbocycles. The number of benzene rings is 2. The van der Waals surface area contributed by atoms with E-state index in [1.165, 1.54) is 18.9 Å². The molecule has 3 rings (SSSR count). The molecule has 0 unspecified atom stereocenters. The molecular weight excluding hydrogens is 414 g/mol. The van der Waals surface area contributed by atoms with Gasteiger partial charge in [0.15, 0.2) is 5.16 Å². The van der Waals surface area contributed by atoms with Crippen LogP contribution in [0.1, 0.15) is 33.6 Å². The highest BCUT2D eigenvalue weighted by molar-refractivity contribution is 7.98. The molecule has 3 aromatic rings. The van der Waals surface area contributed by atoms with E-state index >= 15 is 0 Å². The van der Waals surface area contributed by atoms with Gasteiger partial charge in [0, 0.05) is 29.1 Å². The van der Waals surface area contributed by atoms with Crippen LogP contribution in [0.5, 0.6) is 0 Å². The van der Waals surface area contributed by atoms with Gasteiger partial charge in [-0.25, -0.2) is 9.78 Å². The zero-order valence-corrected chi connectivity index (χ0v) is 18.1. The number of aryl methyl sites for hydroxylation is 1. The molecule has 1 aromatic heterocycles. The van der Waals surface area contributed by atoms with E-state index in [0.29, 0.717) is 33.4 Å². The van der Waals surface area contributed by atoms with Gasteiger partial charge < -0.3 is 15.0 Å². The van der Waals surface area contributed by atoms with Crippen LogP contribution in [0.15, 0.2) is 64.5 Å². The third kappa shape index (κ3) is 6.29. The smallest absolute Gasteiger partial charge is 0.337 e. The average Bonchev–Trinajstić information content (AvgIpc) is 2.78. The molecule has 2 N–H and O–H groups in total. The zero-order chi connectivity index (χ0) is 22.2. The second-order valence-electron chi connectivity index (χ2n) is 6.83. The molecule has 0 aliphatic rings. The summed E-state index contributed by atoms with van der Waals surface area (Å²) in [5.74, 6) is 0.0392. The maximum atomic E-state index is 12.5. The number of anilines is 1. The Bertz CT molecular complexity index is 1110. The highest BCUT2D eigenvalue weighted by atomic mass is 32.2. The van der Waals surface area contributed by atoms with Gasteiger partial charge in [0.2, 0.25) is 5.91 Å². The third-order valence-corrected chi connectivity index (χ3v) is 5.56. The molecule has 0 aliphatic heterocycles. The SMILES string of the molecule is COC(=O)c1ccc(NC(=O)CCc2c(C)nc(SCc3ccccc3)[nH]c2=O)cc1. The summed E-state index contributed by atoms with van der Waals surface area (Å²) in [5.41, 5.74) is 3.01. The lowest BCUT2D eigenvalue weighted by Crippen LogP contribution is -2.20. The maximum absolute atomic E-state index is 12.5. The predicted molar refractivity (Wildman–Crippen MR) is 120 cm³/mol. The number of ether oxygens (including phenoxy) is 1. The van der Waals surface area contributed by atoms with Gasteiger partial charge in [-0.15, -0.1) is 0 Å². The summed E-state index contributed by atoms with van der Waals surface area (Å²) >= 11 is 1.46.